The van der Waals surface area contributed by atoms with Crippen LogP contribution in [0.3, 0.4) is 0 Å². The number of anilines is 1. The highest BCUT2D eigenvalue weighted by atomic mass is 35.5. The number of hydrogen-bond donors (Lipinski definition) is 2. The number of halogens is 1. The van der Waals surface area contributed by atoms with Crippen molar-refractivity contribution < 1.29 is 4.79 Å². The van der Waals surface area contributed by atoms with Gasteiger partial charge >= 0.3 is 0 Å². The third kappa shape index (κ3) is 4.16. The molecule has 0 fully saturated rings. The van der Waals surface area contributed by atoms with Crippen LogP contribution < -0.4 is 11.1 Å². The lowest BCUT2D eigenvalue weighted by atomic mass is 9.96. The van der Waals surface area contributed by atoms with Gasteiger partial charge in [-0.2, -0.15) is 5.10 Å². The van der Waals surface area contributed by atoms with E-state index in [9.17, 15) is 4.79 Å². The van der Waals surface area contributed by atoms with Crippen molar-refractivity contribution in [3.05, 3.63) is 41.2 Å². The third-order valence-electron chi connectivity index (χ3n) is 4.14. The van der Waals surface area contributed by atoms with Crippen LogP contribution in [0.15, 0.2) is 24.4 Å². The van der Waals surface area contributed by atoms with Gasteiger partial charge in [-0.3, -0.25) is 4.79 Å². The molecule has 24 heavy (non-hydrogen) atoms. The molecule has 0 aliphatic carbocycles. The fourth-order valence-corrected chi connectivity index (χ4v) is 2.62. The van der Waals surface area contributed by atoms with Crippen molar-refractivity contribution in [3.63, 3.8) is 0 Å². The predicted molar refractivity (Wildman–Crippen MR) is 101 cm³/mol. The summed E-state index contributed by atoms with van der Waals surface area (Å²) in [7, 11) is 0. The van der Waals surface area contributed by atoms with Gasteiger partial charge in [-0.1, -0.05) is 25.5 Å². The van der Waals surface area contributed by atoms with Gasteiger partial charge in [0, 0.05) is 0 Å². The Balaban J connectivity index is 0.00000288. The topological polar surface area (TPSA) is 72.9 Å². The van der Waals surface area contributed by atoms with Gasteiger partial charge in [-0.15, -0.1) is 12.4 Å². The zero-order valence-electron chi connectivity index (χ0n) is 15.0. The summed E-state index contributed by atoms with van der Waals surface area (Å²) in [6.07, 6.45) is 3.18. The molecule has 1 amide bonds. The highest BCUT2D eigenvalue weighted by molar-refractivity contribution is 5.98. The molecule has 5 nitrogen and oxygen atoms in total. The molecule has 2 rings (SSSR count). The lowest BCUT2D eigenvalue weighted by molar-refractivity contribution is -0.120. The third-order valence-corrected chi connectivity index (χ3v) is 4.14. The number of carbonyl (C=O) groups is 1. The van der Waals surface area contributed by atoms with E-state index in [1.54, 1.807) is 13.1 Å². The Morgan fingerprint density at radius 1 is 1.33 bits per heavy atom. The molecule has 1 atom stereocenters. The van der Waals surface area contributed by atoms with Gasteiger partial charge in [-0.05, 0) is 51.3 Å². The summed E-state index contributed by atoms with van der Waals surface area (Å²) >= 11 is 0. The van der Waals surface area contributed by atoms with Gasteiger partial charge in [0.05, 0.1) is 28.8 Å². The standard InChI is InChI=1S/C18H26N4O.ClH/c1-6-9-18(5,19)17(23)21-15-11-20-22(14(15)4)16-10-12(2)7-8-13(16)3;/h7-8,10-11H,6,9,19H2,1-5H3,(H,21,23);1H. The van der Waals surface area contributed by atoms with E-state index in [4.69, 9.17) is 5.73 Å². The maximum atomic E-state index is 12.4. The molecule has 0 aliphatic rings. The summed E-state index contributed by atoms with van der Waals surface area (Å²) in [5, 5.41) is 7.34. The van der Waals surface area contributed by atoms with Crippen LogP contribution in [0.4, 0.5) is 5.69 Å². The van der Waals surface area contributed by atoms with Crippen LogP contribution in [0, 0.1) is 20.8 Å². The van der Waals surface area contributed by atoms with E-state index in [1.807, 2.05) is 25.5 Å². The molecule has 1 unspecified atom stereocenters. The minimum Gasteiger partial charge on any atom is -0.322 e. The summed E-state index contributed by atoms with van der Waals surface area (Å²) < 4.78 is 1.85. The molecule has 132 valence electrons. The SMILES string of the molecule is CCCC(C)(N)C(=O)Nc1cnn(-c2cc(C)ccc2C)c1C.Cl. The number of aryl methyl sites for hydroxylation is 2. The summed E-state index contributed by atoms with van der Waals surface area (Å²) in [6.45, 7) is 9.82. The molecule has 1 heterocycles. The molecule has 6 heteroatoms. The quantitative estimate of drug-likeness (QED) is 0.863. The summed E-state index contributed by atoms with van der Waals surface area (Å²) in [5.41, 5.74) is 10.1. The Morgan fingerprint density at radius 2 is 2.00 bits per heavy atom. The first kappa shape index (κ1) is 20.2. The normalized spacial score (nSPS) is 13.1. The molecular weight excluding hydrogens is 324 g/mol. The van der Waals surface area contributed by atoms with Crippen molar-refractivity contribution in [3.8, 4) is 5.69 Å². The van der Waals surface area contributed by atoms with E-state index in [2.05, 4.69) is 35.5 Å². The number of nitrogens with zero attached hydrogens (tertiary/aromatic N) is 2. The Labute approximate surface area is 150 Å². The fraction of sp³-hybridized carbons (Fsp3) is 0.444. The highest BCUT2D eigenvalue weighted by Crippen LogP contribution is 2.23. The molecule has 0 saturated heterocycles. The summed E-state index contributed by atoms with van der Waals surface area (Å²) in [4.78, 5) is 12.4. The Morgan fingerprint density at radius 3 is 2.62 bits per heavy atom. The van der Waals surface area contributed by atoms with E-state index in [1.165, 1.54) is 5.56 Å². The van der Waals surface area contributed by atoms with E-state index in [0.29, 0.717) is 12.1 Å². The molecule has 0 radical (unpaired) electrons. The van der Waals surface area contributed by atoms with Gasteiger partial charge < -0.3 is 11.1 Å². The van der Waals surface area contributed by atoms with Crippen LogP contribution in [0.1, 0.15) is 43.5 Å². The molecule has 0 saturated carbocycles. The second-order valence-electron chi connectivity index (χ2n) is 6.47. The zero-order chi connectivity index (χ0) is 17.2. The van der Waals surface area contributed by atoms with Crippen LogP contribution in [0.2, 0.25) is 0 Å². The first-order valence-corrected chi connectivity index (χ1v) is 7.99. The second-order valence-corrected chi connectivity index (χ2v) is 6.47. The monoisotopic (exact) mass is 350 g/mol. The van der Waals surface area contributed by atoms with Crippen molar-refractivity contribution >= 4 is 24.0 Å². The van der Waals surface area contributed by atoms with E-state index < -0.39 is 5.54 Å². The first-order valence-electron chi connectivity index (χ1n) is 7.99. The number of nitrogens with one attached hydrogen (secondary N) is 1. The molecule has 3 N–H and O–H groups in total. The maximum absolute atomic E-state index is 12.4. The minimum atomic E-state index is -0.872. The molecule has 2 aromatic rings. The highest BCUT2D eigenvalue weighted by Gasteiger charge is 2.28. The number of benzene rings is 1. The molecule has 1 aromatic heterocycles. The van der Waals surface area contributed by atoms with Crippen LogP contribution in [0.25, 0.3) is 5.69 Å². The van der Waals surface area contributed by atoms with Gasteiger partial charge in [0.15, 0.2) is 0 Å². The summed E-state index contributed by atoms with van der Waals surface area (Å²) in [5.74, 6) is -0.178. The van der Waals surface area contributed by atoms with Crippen molar-refractivity contribution in [2.75, 3.05) is 5.32 Å². The smallest absolute Gasteiger partial charge is 0.244 e. The number of amides is 1. The maximum Gasteiger partial charge on any atom is 0.244 e. The fourth-order valence-electron chi connectivity index (χ4n) is 2.62. The van der Waals surface area contributed by atoms with Crippen LogP contribution >= 0.6 is 12.4 Å². The van der Waals surface area contributed by atoms with E-state index in [-0.39, 0.29) is 18.3 Å². The van der Waals surface area contributed by atoms with Crippen molar-refractivity contribution in [2.24, 2.45) is 5.73 Å². The molecule has 0 aliphatic heterocycles. The van der Waals surface area contributed by atoms with E-state index >= 15 is 0 Å². The zero-order valence-corrected chi connectivity index (χ0v) is 15.8. The lowest BCUT2D eigenvalue weighted by Crippen LogP contribution is -2.48. The minimum absolute atomic E-state index is 0. The molecule has 0 spiro atoms. The van der Waals surface area contributed by atoms with Gasteiger partial charge in [-0.25, -0.2) is 4.68 Å². The Bertz CT molecular complexity index is 722. The summed E-state index contributed by atoms with van der Waals surface area (Å²) in [6, 6.07) is 6.23. The van der Waals surface area contributed by atoms with E-state index in [0.717, 1.165) is 23.4 Å². The molecular formula is C18H27ClN4O. The van der Waals surface area contributed by atoms with Gasteiger partial charge in [0.2, 0.25) is 5.91 Å². The Hall–Kier alpha value is -1.85. The molecule has 0 bridgehead atoms. The number of rotatable bonds is 5. The molecule has 1 aromatic carbocycles. The lowest BCUT2D eigenvalue weighted by Gasteiger charge is -2.22. The number of aromatic nitrogens is 2. The van der Waals surface area contributed by atoms with Crippen LogP contribution in [0.5, 0.6) is 0 Å². The first-order chi connectivity index (χ1) is 10.8. The second kappa shape index (κ2) is 7.81. The average Bonchev–Trinajstić information content (AvgIpc) is 2.83. The number of nitrogens with two attached hydrogens (primary N) is 1. The van der Waals surface area contributed by atoms with Crippen LogP contribution in [-0.4, -0.2) is 21.2 Å². The Kier molecular flexibility index (Phi) is 6.58. The van der Waals surface area contributed by atoms with Gasteiger partial charge in [0.1, 0.15) is 0 Å². The number of carbonyl (C=O) groups excluding carboxylic acids is 1. The average molecular weight is 351 g/mol. The van der Waals surface area contributed by atoms with Crippen molar-refractivity contribution in [2.45, 2.75) is 53.0 Å². The van der Waals surface area contributed by atoms with Crippen LogP contribution in [-0.2, 0) is 4.79 Å². The predicted octanol–water partition coefficient (Wildman–Crippen LogP) is 3.68. The number of hydrogen-bond acceptors (Lipinski definition) is 3. The largest absolute Gasteiger partial charge is 0.322 e. The van der Waals surface area contributed by atoms with Crippen molar-refractivity contribution in [1.29, 1.82) is 0 Å². The van der Waals surface area contributed by atoms with Crippen molar-refractivity contribution in [1.82, 2.24) is 9.78 Å². The van der Waals surface area contributed by atoms with Gasteiger partial charge in [0.25, 0.3) is 0 Å².